The van der Waals surface area contributed by atoms with Crippen LogP contribution in [0.5, 0.6) is 0 Å². The highest BCUT2D eigenvalue weighted by Crippen LogP contribution is 2.26. The van der Waals surface area contributed by atoms with Crippen LogP contribution in [0.2, 0.25) is 0 Å². The Kier molecular flexibility index (Phi) is 4.51. The van der Waals surface area contributed by atoms with E-state index in [4.69, 9.17) is 5.84 Å². The average molecular weight is 261 g/mol. The summed E-state index contributed by atoms with van der Waals surface area (Å²) in [5.41, 5.74) is 3.72. The average Bonchev–Trinajstić information content (AvgIpc) is 2.15. The van der Waals surface area contributed by atoms with Crippen LogP contribution in [0.25, 0.3) is 0 Å². The SMILES string of the molecule is CCCC(NN)c1ccc(F)cc1Br. The Hall–Kier alpha value is -0.450. The summed E-state index contributed by atoms with van der Waals surface area (Å²) in [6.07, 6.45) is 1.96. The van der Waals surface area contributed by atoms with Crippen LogP contribution in [-0.4, -0.2) is 0 Å². The number of hydrazine groups is 1. The lowest BCUT2D eigenvalue weighted by atomic mass is 10.0. The van der Waals surface area contributed by atoms with Crippen molar-refractivity contribution in [1.82, 2.24) is 5.43 Å². The van der Waals surface area contributed by atoms with Crippen LogP contribution in [-0.2, 0) is 0 Å². The molecule has 1 rings (SSSR count). The van der Waals surface area contributed by atoms with Gasteiger partial charge >= 0.3 is 0 Å². The molecule has 0 saturated heterocycles. The standard InChI is InChI=1S/C10H14BrFN2/c1-2-3-10(14-13)8-5-4-7(12)6-9(8)11/h4-6,10,14H,2-3,13H2,1H3. The number of hydrogen-bond donors (Lipinski definition) is 2. The molecule has 0 aliphatic heterocycles. The highest BCUT2D eigenvalue weighted by Gasteiger charge is 2.12. The second kappa shape index (κ2) is 5.44. The van der Waals surface area contributed by atoms with Crippen molar-refractivity contribution in [2.24, 2.45) is 5.84 Å². The Morgan fingerprint density at radius 2 is 2.29 bits per heavy atom. The van der Waals surface area contributed by atoms with Crippen molar-refractivity contribution >= 4 is 15.9 Å². The molecule has 1 atom stereocenters. The van der Waals surface area contributed by atoms with E-state index in [9.17, 15) is 4.39 Å². The van der Waals surface area contributed by atoms with Gasteiger partial charge in [0, 0.05) is 10.5 Å². The minimum absolute atomic E-state index is 0.0787. The molecule has 0 aliphatic carbocycles. The van der Waals surface area contributed by atoms with Crippen LogP contribution in [0.4, 0.5) is 4.39 Å². The fourth-order valence-electron chi connectivity index (χ4n) is 1.40. The molecule has 0 amide bonds. The molecule has 0 bridgehead atoms. The zero-order valence-electron chi connectivity index (χ0n) is 8.06. The summed E-state index contributed by atoms with van der Waals surface area (Å²) in [5.74, 6) is 5.19. The molecule has 0 radical (unpaired) electrons. The van der Waals surface area contributed by atoms with E-state index >= 15 is 0 Å². The monoisotopic (exact) mass is 260 g/mol. The van der Waals surface area contributed by atoms with Gasteiger partial charge in [0.05, 0.1) is 0 Å². The van der Waals surface area contributed by atoms with E-state index in [1.807, 2.05) is 0 Å². The van der Waals surface area contributed by atoms with Crippen molar-refractivity contribution in [2.45, 2.75) is 25.8 Å². The normalized spacial score (nSPS) is 12.9. The van der Waals surface area contributed by atoms with Crippen molar-refractivity contribution < 1.29 is 4.39 Å². The van der Waals surface area contributed by atoms with Gasteiger partial charge in [0.15, 0.2) is 0 Å². The summed E-state index contributed by atoms with van der Waals surface area (Å²) >= 11 is 3.32. The first kappa shape index (κ1) is 11.6. The van der Waals surface area contributed by atoms with Crippen molar-refractivity contribution in [3.63, 3.8) is 0 Å². The molecule has 1 unspecified atom stereocenters. The fraction of sp³-hybridized carbons (Fsp3) is 0.400. The molecule has 0 saturated carbocycles. The van der Waals surface area contributed by atoms with Crippen LogP contribution in [0.15, 0.2) is 22.7 Å². The maximum atomic E-state index is 12.8. The third-order valence-electron chi connectivity index (χ3n) is 2.12. The number of rotatable bonds is 4. The highest BCUT2D eigenvalue weighted by molar-refractivity contribution is 9.10. The van der Waals surface area contributed by atoms with Gasteiger partial charge in [-0.3, -0.25) is 11.3 Å². The maximum Gasteiger partial charge on any atom is 0.124 e. The zero-order chi connectivity index (χ0) is 10.6. The number of halogens is 2. The molecule has 1 aromatic rings. The van der Waals surface area contributed by atoms with E-state index in [1.165, 1.54) is 12.1 Å². The topological polar surface area (TPSA) is 38.0 Å². The van der Waals surface area contributed by atoms with E-state index in [-0.39, 0.29) is 11.9 Å². The molecule has 2 nitrogen and oxygen atoms in total. The zero-order valence-corrected chi connectivity index (χ0v) is 9.64. The van der Waals surface area contributed by atoms with Crippen molar-refractivity contribution in [1.29, 1.82) is 0 Å². The van der Waals surface area contributed by atoms with Crippen LogP contribution >= 0.6 is 15.9 Å². The molecule has 78 valence electrons. The molecule has 1 aromatic carbocycles. The molecule has 14 heavy (non-hydrogen) atoms. The molecule has 3 N–H and O–H groups in total. The minimum atomic E-state index is -0.243. The Labute approximate surface area is 91.8 Å². The molecule has 0 spiro atoms. The van der Waals surface area contributed by atoms with E-state index in [0.29, 0.717) is 0 Å². The summed E-state index contributed by atoms with van der Waals surface area (Å²) in [6.45, 7) is 2.09. The van der Waals surface area contributed by atoms with E-state index < -0.39 is 0 Å². The lowest BCUT2D eigenvalue weighted by Gasteiger charge is -2.16. The summed E-state index contributed by atoms with van der Waals surface area (Å²) < 4.78 is 13.6. The van der Waals surface area contributed by atoms with Gasteiger partial charge in [-0.15, -0.1) is 0 Å². The van der Waals surface area contributed by atoms with Crippen molar-refractivity contribution in [3.8, 4) is 0 Å². The number of nitrogens with one attached hydrogen (secondary N) is 1. The van der Waals surface area contributed by atoms with Gasteiger partial charge in [0.25, 0.3) is 0 Å². The molecule has 0 aromatic heterocycles. The van der Waals surface area contributed by atoms with Gasteiger partial charge < -0.3 is 0 Å². The van der Waals surface area contributed by atoms with Gasteiger partial charge in [0.2, 0.25) is 0 Å². The van der Waals surface area contributed by atoms with E-state index in [2.05, 4.69) is 28.3 Å². The van der Waals surface area contributed by atoms with Gasteiger partial charge in [-0.1, -0.05) is 35.3 Å². The van der Waals surface area contributed by atoms with Crippen molar-refractivity contribution in [3.05, 3.63) is 34.1 Å². The predicted molar refractivity (Wildman–Crippen MR) is 59.1 cm³/mol. The lowest BCUT2D eigenvalue weighted by Crippen LogP contribution is -2.28. The Bertz CT molecular complexity index is 304. The van der Waals surface area contributed by atoms with Crippen LogP contribution in [0, 0.1) is 5.82 Å². The smallest absolute Gasteiger partial charge is 0.124 e. The third kappa shape index (κ3) is 2.77. The van der Waals surface area contributed by atoms with Crippen LogP contribution < -0.4 is 11.3 Å². The molecule has 0 heterocycles. The molecule has 0 fully saturated rings. The maximum absolute atomic E-state index is 12.8. The summed E-state index contributed by atoms with van der Waals surface area (Å²) in [7, 11) is 0. The minimum Gasteiger partial charge on any atom is -0.271 e. The van der Waals surface area contributed by atoms with Gasteiger partial charge in [-0.25, -0.2) is 4.39 Å². The summed E-state index contributed by atoms with van der Waals surface area (Å²) in [4.78, 5) is 0. The molecule has 0 aliphatic rings. The molecular formula is C10H14BrFN2. The summed E-state index contributed by atoms with van der Waals surface area (Å²) in [5, 5.41) is 0. The van der Waals surface area contributed by atoms with E-state index in [1.54, 1.807) is 6.07 Å². The second-order valence-electron chi connectivity index (χ2n) is 3.17. The number of nitrogens with two attached hydrogens (primary N) is 1. The predicted octanol–water partition coefficient (Wildman–Crippen LogP) is 2.89. The second-order valence-corrected chi connectivity index (χ2v) is 4.03. The first-order valence-electron chi connectivity index (χ1n) is 4.60. The van der Waals surface area contributed by atoms with Crippen LogP contribution in [0.3, 0.4) is 0 Å². The van der Waals surface area contributed by atoms with Gasteiger partial charge in [-0.2, -0.15) is 0 Å². The quantitative estimate of drug-likeness (QED) is 0.646. The van der Waals surface area contributed by atoms with Gasteiger partial charge in [0.1, 0.15) is 5.82 Å². The van der Waals surface area contributed by atoms with Gasteiger partial charge in [-0.05, 0) is 24.1 Å². The Balaban J connectivity index is 2.92. The van der Waals surface area contributed by atoms with Crippen molar-refractivity contribution in [2.75, 3.05) is 0 Å². The molecular weight excluding hydrogens is 247 g/mol. The number of hydrogen-bond acceptors (Lipinski definition) is 2. The number of benzene rings is 1. The molecule has 4 heteroatoms. The Morgan fingerprint density at radius 3 is 2.79 bits per heavy atom. The highest BCUT2D eigenvalue weighted by atomic mass is 79.9. The van der Waals surface area contributed by atoms with E-state index in [0.717, 1.165) is 22.9 Å². The Morgan fingerprint density at radius 1 is 1.57 bits per heavy atom. The first-order chi connectivity index (χ1) is 6.69. The lowest BCUT2D eigenvalue weighted by molar-refractivity contribution is 0.507. The fourth-order valence-corrected chi connectivity index (χ4v) is 2.03. The summed E-state index contributed by atoms with van der Waals surface area (Å²) in [6, 6.07) is 4.73. The van der Waals surface area contributed by atoms with Crippen LogP contribution in [0.1, 0.15) is 31.4 Å². The third-order valence-corrected chi connectivity index (χ3v) is 2.80. The first-order valence-corrected chi connectivity index (χ1v) is 5.39. The largest absolute Gasteiger partial charge is 0.271 e.